The number of hydrogen-bond donors (Lipinski definition) is 0. The van der Waals surface area contributed by atoms with Crippen molar-refractivity contribution in [2.45, 2.75) is 26.2 Å². The zero-order valence-electron chi connectivity index (χ0n) is 28.5. The highest BCUT2D eigenvalue weighted by Crippen LogP contribution is 2.42. The molecule has 240 valence electrons. The van der Waals surface area contributed by atoms with E-state index in [4.69, 9.17) is 9.97 Å². The van der Waals surface area contributed by atoms with Crippen molar-refractivity contribution in [2.24, 2.45) is 7.05 Å². The third kappa shape index (κ3) is 4.07. The quantitative estimate of drug-likeness (QED) is 0.192. The number of aromatic nitrogens is 5. The predicted octanol–water partition coefficient (Wildman–Crippen LogP) is 11.3. The van der Waals surface area contributed by atoms with E-state index in [1.54, 1.807) is 0 Å². The van der Waals surface area contributed by atoms with Gasteiger partial charge in [0.15, 0.2) is 0 Å². The molecule has 0 aliphatic carbocycles. The van der Waals surface area contributed by atoms with E-state index in [1.165, 1.54) is 43.4 Å². The molecule has 0 radical (unpaired) electrons. The van der Waals surface area contributed by atoms with E-state index in [9.17, 15) is 0 Å². The molecule has 50 heavy (non-hydrogen) atoms. The second kappa shape index (κ2) is 10.4. The largest absolute Gasteiger partial charge is 0.327 e. The number of para-hydroxylation sites is 4. The molecule has 0 aliphatic heterocycles. The number of nitrogens with zero attached hydrogens (tertiary/aromatic N) is 5. The predicted molar refractivity (Wildman–Crippen MR) is 209 cm³/mol. The second-order valence-electron chi connectivity index (χ2n) is 14.4. The van der Waals surface area contributed by atoms with Crippen LogP contribution < -0.4 is 0 Å². The van der Waals surface area contributed by atoms with Gasteiger partial charge < -0.3 is 9.13 Å². The number of fused-ring (bicyclic) bond motifs is 9. The first kappa shape index (κ1) is 28.8. The summed E-state index contributed by atoms with van der Waals surface area (Å²) in [5.41, 5.74) is 10.2. The minimum atomic E-state index is -0.00591. The van der Waals surface area contributed by atoms with Crippen LogP contribution in [0.5, 0.6) is 0 Å². The van der Waals surface area contributed by atoms with Crippen molar-refractivity contribution in [2.75, 3.05) is 0 Å². The molecule has 4 heterocycles. The van der Waals surface area contributed by atoms with Crippen molar-refractivity contribution in [1.29, 1.82) is 0 Å². The molecule has 0 saturated carbocycles. The van der Waals surface area contributed by atoms with Gasteiger partial charge in [0.25, 0.3) is 0 Å². The van der Waals surface area contributed by atoms with E-state index < -0.39 is 0 Å². The summed E-state index contributed by atoms with van der Waals surface area (Å²) < 4.78 is 7.01. The molecular formula is C45H35N5. The normalized spacial score (nSPS) is 12.4. The molecule has 0 bridgehead atoms. The summed E-state index contributed by atoms with van der Waals surface area (Å²) in [4.78, 5) is 10.1. The van der Waals surface area contributed by atoms with Gasteiger partial charge in [0.1, 0.15) is 11.6 Å². The zero-order valence-corrected chi connectivity index (χ0v) is 28.5. The SMILES string of the molecule is Cn1c(-c2ccc3c4ccccc4n(-c4cc5c(c6ccccc46)c4ccccc4n5-c4cc(C(C)(C)C)ccn4)c3c2)nc2ccccc21. The lowest BCUT2D eigenvalue weighted by Crippen LogP contribution is -2.12. The zero-order chi connectivity index (χ0) is 33.7. The van der Waals surface area contributed by atoms with Crippen molar-refractivity contribution in [3.05, 3.63) is 145 Å². The van der Waals surface area contributed by atoms with Crippen molar-refractivity contribution >= 4 is 65.4 Å². The molecule has 0 spiro atoms. The van der Waals surface area contributed by atoms with Gasteiger partial charge in [-0.05, 0) is 64.9 Å². The van der Waals surface area contributed by atoms with Crippen LogP contribution in [0.2, 0.25) is 0 Å². The first-order valence-corrected chi connectivity index (χ1v) is 17.2. The van der Waals surface area contributed by atoms with Crippen molar-refractivity contribution < 1.29 is 0 Å². The summed E-state index contributed by atoms with van der Waals surface area (Å²) in [6, 6.07) is 48.3. The number of aryl methyl sites for hydroxylation is 1. The molecular weight excluding hydrogens is 611 g/mol. The number of pyridine rings is 1. The standard InChI is InChI=1S/C45H35N5/c1-45(2,3)29-23-24-46-42(26-29)50-37-19-11-8-16-34(37)43-33-15-6-5-14-31(33)40(27-41(43)50)49-36-18-10-7-13-30(36)32-22-21-28(25-39(32)49)44-47-35-17-9-12-20-38(35)48(44)4/h5-27H,1-4H3. The lowest BCUT2D eigenvalue weighted by atomic mass is 9.88. The Bertz CT molecular complexity index is 2980. The maximum Gasteiger partial charge on any atom is 0.140 e. The van der Waals surface area contributed by atoms with Crippen LogP contribution in [-0.2, 0) is 12.5 Å². The van der Waals surface area contributed by atoms with Crippen LogP contribution in [0, 0.1) is 0 Å². The van der Waals surface area contributed by atoms with Gasteiger partial charge in [-0.15, -0.1) is 0 Å². The Labute approximate surface area is 289 Å². The van der Waals surface area contributed by atoms with Gasteiger partial charge in [-0.1, -0.05) is 106 Å². The average Bonchev–Trinajstić information content (AvgIpc) is 3.78. The van der Waals surface area contributed by atoms with Gasteiger partial charge in [-0.3, -0.25) is 4.57 Å². The van der Waals surface area contributed by atoms with Crippen LogP contribution in [0.3, 0.4) is 0 Å². The molecule has 0 saturated heterocycles. The van der Waals surface area contributed by atoms with Crippen LogP contribution >= 0.6 is 0 Å². The summed E-state index contributed by atoms with van der Waals surface area (Å²) >= 11 is 0. The van der Waals surface area contributed by atoms with Crippen molar-refractivity contribution in [3.8, 4) is 22.9 Å². The molecule has 5 heteroatoms. The van der Waals surface area contributed by atoms with Crippen LogP contribution in [-0.4, -0.2) is 23.7 Å². The molecule has 10 aromatic rings. The maximum absolute atomic E-state index is 5.07. The summed E-state index contributed by atoms with van der Waals surface area (Å²) in [5, 5.41) is 7.33. The van der Waals surface area contributed by atoms with Gasteiger partial charge in [0.2, 0.25) is 0 Å². The number of benzene rings is 6. The Balaban J connectivity index is 1.34. The average molecular weight is 646 g/mol. The lowest BCUT2D eigenvalue weighted by molar-refractivity contribution is 0.588. The molecule has 10 rings (SSSR count). The first-order chi connectivity index (χ1) is 24.4. The summed E-state index contributed by atoms with van der Waals surface area (Å²) in [6.45, 7) is 6.77. The number of hydrogen-bond acceptors (Lipinski definition) is 2. The van der Waals surface area contributed by atoms with Gasteiger partial charge in [-0.2, -0.15) is 0 Å². The minimum Gasteiger partial charge on any atom is -0.327 e. The third-order valence-corrected chi connectivity index (χ3v) is 10.5. The molecule has 0 aliphatic rings. The minimum absolute atomic E-state index is 0.00591. The highest BCUT2D eigenvalue weighted by molar-refractivity contribution is 6.24. The molecule has 4 aromatic heterocycles. The van der Waals surface area contributed by atoms with Crippen molar-refractivity contribution in [1.82, 2.24) is 23.7 Å². The van der Waals surface area contributed by atoms with Crippen LogP contribution in [0.25, 0.3) is 88.3 Å². The third-order valence-electron chi connectivity index (χ3n) is 10.5. The molecule has 0 fully saturated rings. The summed E-state index contributed by atoms with van der Waals surface area (Å²) in [5.74, 6) is 1.88. The monoisotopic (exact) mass is 645 g/mol. The highest BCUT2D eigenvalue weighted by Gasteiger charge is 2.22. The van der Waals surface area contributed by atoms with Crippen LogP contribution in [0.4, 0.5) is 0 Å². The highest BCUT2D eigenvalue weighted by atomic mass is 15.1. The number of rotatable bonds is 3. The molecule has 5 nitrogen and oxygen atoms in total. The fourth-order valence-corrected chi connectivity index (χ4v) is 8.02. The van der Waals surface area contributed by atoms with Gasteiger partial charge in [0.05, 0.1) is 38.8 Å². The molecule has 0 N–H and O–H groups in total. The molecule has 0 unspecified atom stereocenters. The Hall–Kier alpha value is -6.20. The lowest BCUT2D eigenvalue weighted by Gasteiger charge is -2.20. The summed E-state index contributed by atoms with van der Waals surface area (Å²) in [7, 11) is 2.10. The Morgan fingerprint density at radius 3 is 1.92 bits per heavy atom. The topological polar surface area (TPSA) is 40.6 Å². The second-order valence-corrected chi connectivity index (χ2v) is 14.4. The first-order valence-electron chi connectivity index (χ1n) is 17.2. The van der Waals surface area contributed by atoms with Crippen molar-refractivity contribution in [3.63, 3.8) is 0 Å². The fraction of sp³-hybridized carbons (Fsp3) is 0.111. The number of imidazole rings is 1. The van der Waals surface area contributed by atoms with Crippen LogP contribution in [0.15, 0.2) is 140 Å². The van der Waals surface area contributed by atoms with E-state index in [-0.39, 0.29) is 5.41 Å². The molecule has 6 aromatic carbocycles. The Kier molecular flexibility index (Phi) is 5.99. The summed E-state index contributed by atoms with van der Waals surface area (Å²) in [6.07, 6.45) is 1.95. The van der Waals surface area contributed by atoms with E-state index in [0.29, 0.717) is 0 Å². The van der Waals surface area contributed by atoms with Gasteiger partial charge in [0, 0.05) is 45.7 Å². The Morgan fingerprint density at radius 2 is 1.16 bits per heavy atom. The molecule has 0 atom stereocenters. The van der Waals surface area contributed by atoms with Gasteiger partial charge in [-0.25, -0.2) is 9.97 Å². The van der Waals surface area contributed by atoms with E-state index in [1.807, 2.05) is 6.20 Å². The fourth-order valence-electron chi connectivity index (χ4n) is 8.02. The van der Waals surface area contributed by atoms with Gasteiger partial charge >= 0.3 is 0 Å². The molecule has 0 amide bonds. The maximum atomic E-state index is 5.07. The Morgan fingerprint density at radius 1 is 0.520 bits per heavy atom. The van der Waals surface area contributed by atoms with E-state index in [2.05, 4.69) is 175 Å². The van der Waals surface area contributed by atoms with E-state index >= 15 is 0 Å². The smallest absolute Gasteiger partial charge is 0.140 e. The van der Waals surface area contributed by atoms with Crippen LogP contribution in [0.1, 0.15) is 26.3 Å². The van der Waals surface area contributed by atoms with E-state index in [0.717, 1.165) is 50.5 Å².